The zero-order chi connectivity index (χ0) is 23.3. The quantitative estimate of drug-likeness (QED) is 0.469. The minimum atomic E-state index is -0.137. The second-order valence-electron chi connectivity index (χ2n) is 8.66. The highest BCUT2D eigenvalue weighted by molar-refractivity contribution is 6.07. The lowest BCUT2D eigenvalue weighted by atomic mass is 10.0. The van der Waals surface area contributed by atoms with Gasteiger partial charge in [-0.3, -0.25) is 14.7 Å². The smallest absolute Gasteiger partial charge is 0.252 e. The largest absolute Gasteiger partial charge is 0.379 e. The molecule has 1 fully saturated rings. The van der Waals surface area contributed by atoms with Crippen molar-refractivity contribution in [2.24, 2.45) is 0 Å². The summed E-state index contributed by atoms with van der Waals surface area (Å²) < 4.78 is 5.52. The average molecular weight is 453 g/mol. The Morgan fingerprint density at radius 2 is 1.76 bits per heavy atom. The Balaban J connectivity index is 1.50. The van der Waals surface area contributed by atoms with Crippen molar-refractivity contribution in [1.82, 2.24) is 20.2 Å². The first-order chi connectivity index (χ1) is 16.7. The molecule has 4 aromatic rings. The highest BCUT2D eigenvalue weighted by Gasteiger charge is 2.22. The van der Waals surface area contributed by atoms with Crippen LogP contribution in [0.2, 0.25) is 0 Å². The molecule has 2 aromatic carbocycles. The normalized spacial score (nSPS) is 15.2. The first-order valence-electron chi connectivity index (χ1n) is 11.6. The highest BCUT2D eigenvalue weighted by atomic mass is 16.5. The first kappa shape index (κ1) is 22.2. The Hall–Kier alpha value is -3.61. The number of carbonyl (C=O) groups excluding carboxylic acids is 1. The number of morpholine rings is 1. The molecule has 5 rings (SSSR count). The van der Waals surface area contributed by atoms with E-state index < -0.39 is 0 Å². The van der Waals surface area contributed by atoms with Crippen molar-refractivity contribution >= 4 is 16.8 Å². The number of rotatable bonds is 6. The number of pyridine rings is 2. The number of nitrogens with one attached hydrogen (secondary N) is 1. The Kier molecular flexibility index (Phi) is 6.60. The number of carbonyl (C=O) groups is 1. The molecule has 0 spiro atoms. The van der Waals surface area contributed by atoms with E-state index in [0.717, 1.165) is 60.6 Å². The topological polar surface area (TPSA) is 67.3 Å². The van der Waals surface area contributed by atoms with E-state index in [1.807, 2.05) is 42.5 Å². The summed E-state index contributed by atoms with van der Waals surface area (Å²) in [6, 6.07) is 21.8. The molecule has 1 aliphatic rings. The molecule has 1 atom stereocenters. The summed E-state index contributed by atoms with van der Waals surface area (Å²) in [6.45, 7) is 5.98. The van der Waals surface area contributed by atoms with E-state index in [-0.39, 0.29) is 11.9 Å². The molecular weight excluding hydrogens is 424 g/mol. The predicted molar refractivity (Wildman–Crippen MR) is 134 cm³/mol. The number of amides is 1. The van der Waals surface area contributed by atoms with Gasteiger partial charge in [0.25, 0.3) is 5.91 Å². The van der Waals surface area contributed by atoms with Gasteiger partial charge in [0.1, 0.15) is 0 Å². The third kappa shape index (κ3) is 4.98. The number of aryl methyl sites for hydroxylation is 1. The fourth-order valence-electron chi connectivity index (χ4n) is 4.34. The van der Waals surface area contributed by atoms with Gasteiger partial charge in [0, 0.05) is 43.0 Å². The van der Waals surface area contributed by atoms with Gasteiger partial charge in [-0.25, -0.2) is 4.98 Å². The number of hydrogen-bond acceptors (Lipinski definition) is 5. The lowest BCUT2D eigenvalue weighted by Gasteiger charge is -2.31. The van der Waals surface area contributed by atoms with Gasteiger partial charge < -0.3 is 10.1 Å². The molecule has 1 N–H and O–H groups in total. The maximum absolute atomic E-state index is 13.7. The van der Waals surface area contributed by atoms with Crippen molar-refractivity contribution in [2.45, 2.75) is 13.0 Å². The minimum Gasteiger partial charge on any atom is -0.379 e. The second-order valence-corrected chi connectivity index (χ2v) is 8.66. The molecule has 2 aromatic heterocycles. The van der Waals surface area contributed by atoms with Gasteiger partial charge >= 0.3 is 0 Å². The van der Waals surface area contributed by atoms with Crippen LogP contribution in [0.1, 0.15) is 27.5 Å². The van der Waals surface area contributed by atoms with Crippen LogP contribution in [0.25, 0.3) is 22.2 Å². The first-order valence-corrected chi connectivity index (χ1v) is 11.6. The Bertz CT molecular complexity index is 1270. The Labute approximate surface area is 199 Å². The predicted octanol–water partition coefficient (Wildman–Crippen LogP) is 4.41. The van der Waals surface area contributed by atoms with Crippen molar-refractivity contribution in [1.29, 1.82) is 0 Å². The summed E-state index contributed by atoms with van der Waals surface area (Å²) in [5, 5.41) is 4.17. The fourth-order valence-corrected chi connectivity index (χ4v) is 4.34. The molecule has 3 heterocycles. The van der Waals surface area contributed by atoms with E-state index in [1.54, 1.807) is 12.4 Å². The Morgan fingerprint density at radius 3 is 2.53 bits per heavy atom. The van der Waals surface area contributed by atoms with Crippen LogP contribution in [0.4, 0.5) is 0 Å². The number of aromatic nitrogens is 2. The molecule has 0 bridgehead atoms. The van der Waals surface area contributed by atoms with E-state index in [4.69, 9.17) is 9.72 Å². The zero-order valence-corrected chi connectivity index (χ0v) is 19.3. The molecule has 34 heavy (non-hydrogen) atoms. The number of benzene rings is 2. The molecule has 6 nitrogen and oxygen atoms in total. The van der Waals surface area contributed by atoms with Gasteiger partial charge in [0.05, 0.1) is 36.0 Å². The Morgan fingerprint density at radius 1 is 1.03 bits per heavy atom. The minimum absolute atomic E-state index is 0.104. The number of hydrogen-bond donors (Lipinski definition) is 1. The van der Waals surface area contributed by atoms with Crippen molar-refractivity contribution < 1.29 is 9.53 Å². The number of ether oxygens (including phenoxy) is 1. The fraction of sp³-hybridized carbons (Fsp3) is 0.250. The van der Waals surface area contributed by atoms with Crippen molar-refractivity contribution in [3.05, 3.63) is 95.8 Å². The summed E-state index contributed by atoms with van der Waals surface area (Å²) in [5.41, 5.74) is 5.39. The summed E-state index contributed by atoms with van der Waals surface area (Å²) in [4.78, 5) is 25.0. The van der Waals surface area contributed by atoms with Crippen LogP contribution in [0.3, 0.4) is 0 Å². The summed E-state index contributed by atoms with van der Waals surface area (Å²) >= 11 is 0. The van der Waals surface area contributed by atoms with Crippen molar-refractivity contribution in [3.8, 4) is 11.3 Å². The standard InChI is InChI=1S/C28H28N4O2/c1-20-6-8-21(9-7-20)27(19-32-14-16-34-17-15-32)31-28(33)24-18-26(22-10-12-29-13-11-22)30-25-5-3-2-4-23(24)25/h2-13,18,27H,14-17,19H2,1H3,(H,31,33)/t27-/m0/s1. The lowest BCUT2D eigenvalue weighted by molar-refractivity contribution is 0.0332. The molecule has 0 radical (unpaired) electrons. The molecule has 172 valence electrons. The van der Waals surface area contributed by atoms with Crippen LogP contribution in [-0.2, 0) is 4.74 Å². The van der Waals surface area contributed by atoms with Gasteiger partial charge in [0.2, 0.25) is 0 Å². The maximum atomic E-state index is 13.7. The summed E-state index contributed by atoms with van der Waals surface area (Å²) in [7, 11) is 0. The number of para-hydroxylation sites is 1. The number of fused-ring (bicyclic) bond motifs is 1. The summed E-state index contributed by atoms with van der Waals surface area (Å²) in [6.07, 6.45) is 3.48. The van der Waals surface area contributed by atoms with Crippen LogP contribution in [-0.4, -0.2) is 53.6 Å². The highest BCUT2D eigenvalue weighted by Crippen LogP contribution is 2.26. The van der Waals surface area contributed by atoms with Gasteiger partial charge in [-0.15, -0.1) is 0 Å². The molecule has 1 saturated heterocycles. The zero-order valence-electron chi connectivity index (χ0n) is 19.3. The van der Waals surface area contributed by atoms with E-state index in [1.165, 1.54) is 5.56 Å². The average Bonchev–Trinajstić information content (AvgIpc) is 2.89. The van der Waals surface area contributed by atoms with E-state index in [0.29, 0.717) is 5.56 Å². The molecule has 0 unspecified atom stereocenters. The second kappa shape index (κ2) is 10.1. The molecular formula is C28H28N4O2. The van der Waals surface area contributed by atoms with Crippen LogP contribution in [0, 0.1) is 6.92 Å². The third-order valence-electron chi connectivity index (χ3n) is 6.27. The van der Waals surface area contributed by atoms with Crippen LogP contribution in [0.5, 0.6) is 0 Å². The SMILES string of the molecule is Cc1ccc([C@H](CN2CCOCC2)NC(=O)c2cc(-c3ccncc3)nc3ccccc23)cc1. The number of nitrogens with zero attached hydrogens (tertiary/aromatic N) is 3. The molecule has 0 saturated carbocycles. The van der Waals surface area contributed by atoms with Crippen LogP contribution < -0.4 is 5.32 Å². The molecule has 1 amide bonds. The van der Waals surface area contributed by atoms with E-state index in [9.17, 15) is 4.79 Å². The van der Waals surface area contributed by atoms with Crippen LogP contribution in [0.15, 0.2) is 79.1 Å². The van der Waals surface area contributed by atoms with Crippen LogP contribution >= 0.6 is 0 Å². The monoisotopic (exact) mass is 452 g/mol. The van der Waals surface area contributed by atoms with Gasteiger partial charge in [-0.05, 0) is 36.8 Å². The van der Waals surface area contributed by atoms with Gasteiger partial charge in [0.15, 0.2) is 0 Å². The van der Waals surface area contributed by atoms with E-state index >= 15 is 0 Å². The third-order valence-corrected chi connectivity index (χ3v) is 6.27. The maximum Gasteiger partial charge on any atom is 0.252 e. The molecule has 6 heteroatoms. The molecule has 0 aliphatic carbocycles. The van der Waals surface area contributed by atoms with Gasteiger partial charge in [-0.2, -0.15) is 0 Å². The lowest BCUT2D eigenvalue weighted by Crippen LogP contribution is -2.43. The van der Waals surface area contributed by atoms with Gasteiger partial charge in [-0.1, -0.05) is 48.0 Å². The molecule has 1 aliphatic heterocycles. The van der Waals surface area contributed by atoms with E-state index in [2.05, 4.69) is 46.4 Å². The summed E-state index contributed by atoms with van der Waals surface area (Å²) in [5.74, 6) is -0.104. The van der Waals surface area contributed by atoms with Crippen molar-refractivity contribution in [2.75, 3.05) is 32.8 Å². The van der Waals surface area contributed by atoms with Crippen molar-refractivity contribution in [3.63, 3.8) is 0 Å².